The van der Waals surface area contributed by atoms with E-state index >= 15 is 0 Å². The van der Waals surface area contributed by atoms with Gasteiger partial charge in [-0.05, 0) is 19.3 Å². The lowest BCUT2D eigenvalue weighted by atomic mass is 10.0. The van der Waals surface area contributed by atoms with Crippen molar-refractivity contribution in [2.75, 3.05) is 48.1 Å². The molecule has 0 bridgehead atoms. The molecule has 2 fully saturated rings. The number of morpholine rings is 1. The molecule has 1 saturated heterocycles. The first kappa shape index (κ1) is 19.3. The Morgan fingerprint density at radius 1 is 1.17 bits per heavy atom. The second-order valence-corrected chi connectivity index (χ2v) is 8.24. The quantitative estimate of drug-likeness (QED) is 0.761. The van der Waals surface area contributed by atoms with Gasteiger partial charge in [-0.15, -0.1) is 0 Å². The van der Waals surface area contributed by atoms with Crippen LogP contribution in [0.5, 0.6) is 0 Å². The zero-order chi connectivity index (χ0) is 20.7. The van der Waals surface area contributed by atoms with Gasteiger partial charge in [-0.1, -0.05) is 19.8 Å². The molecule has 2 aromatic heterocycles. The first-order valence-electron chi connectivity index (χ1n) is 11.0. The van der Waals surface area contributed by atoms with Crippen molar-refractivity contribution < 1.29 is 9.53 Å². The van der Waals surface area contributed by atoms with Gasteiger partial charge in [0.25, 0.3) is 0 Å². The molecule has 3 aliphatic rings. The van der Waals surface area contributed by atoms with Gasteiger partial charge in [0.15, 0.2) is 5.82 Å². The maximum Gasteiger partial charge on any atom is 0.249 e. The van der Waals surface area contributed by atoms with Crippen LogP contribution in [0.2, 0.25) is 0 Å². The molecule has 30 heavy (non-hydrogen) atoms. The van der Waals surface area contributed by atoms with Crippen molar-refractivity contribution >= 4 is 23.4 Å². The third-order valence-corrected chi connectivity index (χ3v) is 6.53. The minimum absolute atomic E-state index is 0.130. The van der Waals surface area contributed by atoms with E-state index in [1.54, 1.807) is 17.3 Å². The fourth-order valence-corrected chi connectivity index (χ4v) is 4.94. The summed E-state index contributed by atoms with van der Waals surface area (Å²) < 4.78 is 7.42. The summed E-state index contributed by atoms with van der Waals surface area (Å²) in [6.45, 7) is 5.06. The smallest absolute Gasteiger partial charge is 0.249 e. The molecule has 0 aromatic carbocycles. The third-order valence-electron chi connectivity index (χ3n) is 6.53. The number of carbonyl (C=O) groups is 1. The standard InChI is InChI=1S/C21H29N7O2/c1-3-16-19(29)25(2)17-14-23-20(24-18(17)28(16)15-6-4-5-7-15)27-9-8-22-21(27)26-10-12-30-13-11-26/h8-9,14-16H,3-7,10-13H2,1-2H3/t16-/m1/s1. The first-order chi connectivity index (χ1) is 14.7. The highest BCUT2D eigenvalue weighted by Crippen LogP contribution is 2.39. The first-order valence-corrected chi connectivity index (χ1v) is 11.0. The van der Waals surface area contributed by atoms with E-state index in [0.717, 1.165) is 49.8 Å². The summed E-state index contributed by atoms with van der Waals surface area (Å²) in [6.07, 6.45) is 10.9. The van der Waals surface area contributed by atoms with Crippen LogP contribution >= 0.6 is 0 Å². The van der Waals surface area contributed by atoms with E-state index in [4.69, 9.17) is 9.72 Å². The second-order valence-electron chi connectivity index (χ2n) is 8.24. The molecule has 1 amide bonds. The molecule has 1 aliphatic carbocycles. The van der Waals surface area contributed by atoms with E-state index in [-0.39, 0.29) is 11.9 Å². The van der Waals surface area contributed by atoms with Crippen LogP contribution in [0.4, 0.5) is 17.5 Å². The molecule has 1 atom stereocenters. The molecule has 2 aliphatic heterocycles. The third kappa shape index (κ3) is 3.12. The largest absolute Gasteiger partial charge is 0.378 e. The van der Waals surface area contributed by atoms with Crippen LogP contribution in [0.1, 0.15) is 39.0 Å². The van der Waals surface area contributed by atoms with Gasteiger partial charge in [0.1, 0.15) is 11.7 Å². The van der Waals surface area contributed by atoms with Crippen LogP contribution in [0, 0.1) is 0 Å². The Morgan fingerprint density at radius 2 is 1.93 bits per heavy atom. The van der Waals surface area contributed by atoms with Crippen molar-refractivity contribution in [2.24, 2.45) is 0 Å². The van der Waals surface area contributed by atoms with Crippen molar-refractivity contribution in [1.82, 2.24) is 19.5 Å². The number of hydrogen-bond acceptors (Lipinski definition) is 7. The summed E-state index contributed by atoms with van der Waals surface area (Å²) >= 11 is 0. The fourth-order valence-electron chi connectivity index (χ4n) is 4.94. The lowest BCUT2D eigenvalue weighted by Crippen LogP contribution is -2.55. The number of carbonyl (C=O) groups excluding carboxylic acids is 1. The molecule has 0 radical (unpaired) electrons. The summed E-state index contributed by atoms with van der Waals surface area (Å²) in [4.78, 5) is 33.4. The number of ether oxygens (including phenoxy) is 1. The highest BCUT2D eigenvalue weighted by molar-refractivity contribution is 6.04. The molecule has 2 aromatic rings. The van der Waals surface area contributed by atoms with Gasteiger partial charge in [-0.25, -0.2) is 9.97 Å². The molecular weight excluding hydrogens is 382 g/mol. The average Bonchev–Trinajstić information content (AvgIpc) is 3.48. The Balaban J connectivity index is 1.57. The molecule has 160 valence electrons. The maximum absolute atomic E-state index is 13.1. The number of rotatable bonds is 4. The normalized spacial score (nSPS) is 22.7. The van der Waals surface area contributed by atoms with Crippen LogP contribution in [0.25, 0.3) is 5.95 Å². The van der Waals surface area contributed by atoms with Crippen LogP contribution in [-0.4, -0.2) is 70.9 Å². The van der Waals surface area contributed by atoms with E-state index in [2.05, 4.69) is 26.7 Å². The monoisotopic (exact) mass is 411 g/mol. The summed E-state index contributed by atoms with van der Waals surface area (Å²) in [5, 5.41) is 0. The molecular formula is C21H29N7O2. The highest BCUT2D eigenvalue weighted by Gasteiger charge is 2.41. The lowest BCUT2D eigenvalue weighted by Gasteiger charge is -2.43. The van der Waals surface area contributed by atoms with Crippen LogP contribution in [-0.2, 0) is 9.53 Å². The highest BCUT2D eigenvalue weighted by atomic mass is 16.5. The average molecular weight is 412 g/mol. The fraction of sp³-hybridized carbons (Fsp3) is 0.619. The van der Waals surface area contributed by atoms with Crippen molar-refractivity contribution in [3.05, 3.63) is 18.6 Å². The minimum atomic E-state index is -0.171. The van der Waals surface area contributed by atoms with Gasteiger partial charge in [-0.2, -0.15) is 4.98 Å². The summed E-state index contributed by atoms with van der Waals surface area (Å²) in [5.74, 6) is 2.42. The lowest BCUT2D eigenvalue weighted by molar-refractivity contribution is -0.120. The van der Waals surface area contributed by atoms with Gasteiger partial charge < -0.3 is 19.4 Å². The molecule has 4 heterocycles. The van der Waals surface area contributed by atoms with Gasteiger partial charge >= 0.3 is 0 Å². The Morgan fingerprint density at radius 3 is 2.67 bits per heavy atom. The van der Waals surface area contributed by atoms with E-state index in [1.807, 2.05) is 17.8 Å². The van der Waals surface area contributed by atoms with Crippen LogP contribution in [0.15, 0.2) is 18.6 Å². The Labute approximate surface area is 176 Å². The Hall–Kier alpha value is -2.68. The molecule has 9 nitrogen and oxygen atoms in total. The van der Waals surface area contributed by atoms with Gasteiger partial charge in [0, 0.05) is 38.6 Å². The number of amides is 1. The number of imidazole rings is 1. The molecule has 1 saturated carbocycles. The van der Waals surface area contributed by atoms with Crippen molar-refractivity contribution in [3.63, 3.8) is 0 Å². The Kier molecular flexibility index (Phi) is 5.06. The number of anilines is 3. The summed E-state index contributed by atoms with van der Waals surface area (Å²) in [6, 6.07) is 0.186. The van der Waals surface area contributed by atoms with Crippen molar-refractivity contribution in [2.45, 2.75) is 51.1 Å². The Bertz CT molecular complexity index is 918. The van der Waals surface area contributed by atoms with E-state index < -0.39 is 0 Å². The molecule has 9 heteroatoms. The van der Waals surface area contributed by atoms with E-state index in [9.17, 15) is 4.79 Å². The number of hydrogen-bond donors (Lipinski definition) is 0. The topological polar surface area (TPSA) is 79.6 Å². The predicted octanol–water partition coefficient (Wildman–Crippen LogP) is 2.00. The SMILES string of the molecule is CC[C@@H]1C(=O)N(C)c2cnc(-n3ccnc3N3CCOCC3)nc2N1C1CCCC1. The van der Waals surface area contributed by atoms with Gasteiger partial charge in [0.05, 0.1) is 19.4 Å². The second kappa shape index (κ2) is 7.86. The van der Waals surface area contributed by atoms with E-state index in [1.165, 1.54) is 12.8 Å². The summed E-state index contributed by atoms with van der Waals surface area (Å²) in [7, 11) is 1.83. The van der Waals surface area contributed by atoms with Crippen molar-refractivity contribution in [1.29, 1.82) is 0 Å². The number of nitrogens with zero attached hydrogens (tertiary/aromatic N) is 7. The van der Waals surface area contributed by atoms with Gasteiger partial charge in [0.2, 0.25) is 17.8 Å². The minimum Gasteiger partial charge on any atom is -0.378 e. The molecule has 0 unspecified atom stereocenters. The molecule has 0 N–H and O–H groups in total. The molecule has 0 spiro atoms. The number of aromatic nitrogens is 4. The van der Waals surface area contributed by atoms with Crippen molar-refractivity contribution in [3.8, 4) is 5.95 Å². The number of fused-ring (bicyclic) bond motifs is 1. The van der Waals surface area contributed by atoms with Crippen LogP contribution in [0.3, 0.4) is 0 Å². The van der Waals surface area contributed by atoms with Gasteiger partial charge in [-0.3, -0.25) is 9.36 Å². The zero-order valence-corrected chi connectivity index (χ0v) is 17.7. The predicted molar refractivity (Wildman–Crippen MR) is 114 cm³/mol. The summed E-state index contributed by atoms with van der Waals surface area (Å²) in [5.41, 5.74) is 0.786. The molecule has 5 rings (SSSR count). The maximum atomic E-state index is 13.1. The van der Waals surface area contributed by atoms with Crippen LogP contribution < -0.4 is 14.7 Å². The number of likely N-dealkylation sites (N-methyl/N-ethyl adjacent to an activating group) is 1. The van der Waals surface area contributed by atoms with E-state index in [0.29, 0.717) is 25.2 Å². The zero-order valence-electron chi connectivity index (χ0n) is 17.7.